The molecule has 0 aromatic carbocycles. The highest BCUT2D eigenvalue weighted by Crippen LogP contribution is 2.35. The fraction of sp³-hybridized carbons (Fsp3) is 0.733. The van der Waals surface area contributed by atoms with Gasteiger partial charge in [0.05, 0.1) is 0 Å². The smallest absolute Gasteiger partial charge is 0.309 e. The number of halogens is 3. The molecule has 0 saturated heterocycles. The van der Waals surface area contributed by atoms with Crippen molar-refractivity contribution in [2.45, 2.75) is 64.8 Å². The van der Waals surface area contributed by atoms with E-state index < -0.39 is 24.0 Å². The zero-order chi connectivity index (χ0) is 17.3. The zero-order valence-electron chi connectivity index (χ0n) is 13.3. The summed E-state index contributed by atoms with van der Waals surface area (Å²) in [6.45, 7) is 3.00. The number of nitrogens with one attached hydrogen (secondary N) is 2. The second kappa shape index (κ2) is 6.51. The van der Waals surface area contributed by atoms with Crippen LogP contribution in [0.4, 0.5) is 13.2 Å². The first-order chi connectivity index (χ1) is 10.6. The standard InChI is InChI=1S/C15H22F3N3O2/c1-14(2)6-4-3-5-11(14)19-7-10-8-21(9-15(16,17)18)13(23)20-12(10)22/h8,11,19H,3-7,9H2,1-2H3,(H,20,22,23). The summed E-state index contributed by atoms with van der Waals surface area (Å²) in [5.74, 6) is 0. The Kier molecular flexibility index (Phi) is 5.03. The van der Waals surface area contributed by atoms with E-state index >= 15 is 0 Å². The van der Waals surface area contributed by atoms with Gasteiger partial charge < -0.3 is 5.32 Å². The van der Waals surface area contributed by atoms with Gasteiger partial charge in [0.1, 0.15) is 6.54 Å². The van der Waals surface area contributed by atoms with Crippen molar-refractivity contribution >= 4 is 0 Å². The summed E-state index contributed by atoms with van der Waals surface area (Å²) in [5.41, 5.74) is -1.48. The Balaban J connectivity index is 2.15. The molecule has 8 heteroatoms. The van der Waals surface area contributed by atoms with Crippen molar-refractivity contribution in [2.75, 3.05) is 0 Å². The van der Waals surface area contributed by atoms with Crippen molar-refractivity contribution in [1.29, 1.82) is 0 Å². The molecule has 1 aromatic heterocycles. The normalized spacial score (nSPS) is 21.3. The van der Waals surface area contributed by atoms with Gasteiger partial charge in [-0.25, -0.2) is 4.79 Å². The summed E-state index contributed by atoms with van der Waals surface area (Å²) in [5, 5.41) is 3.26. The van der Waals surface area contributed by atoms with Gasteiger partial charge in [-0.2, -0.15) is 13.2 Å². The maximum absolute atomic E-state index is 12.5. The van der Waals surface area contributed by atoms with Crippen molar-refractivity contribution in [3.8, 4) is 0 Å². The number of aromatic nitrogens is 2. The average Bonchev–Trinajstić information content (AvgIpc) is 2.40. The van der Waals surface area contributed by atoms with Crippen LogP contribution in [0.3, 0.4) is 0 Å². The molecule has 1 aromatic rings. The molecule has 0 radical (unpaired) electrons. The molecule has 1 atom stereocenters. The molecule has 1 aliphatic rings. The van der Waals surface area contributed by atoms with Gasteiger partial charge in [-0.1, -0.05) is 26.7 Å². The predicted molar refractivity (Wildman–Crippen MR) is 80.3 cm³/mol. The van der Waals surface area contributed by atoms with Gasteiger partial charge >= 0.3 is 11.9 Å². The molecule has 0 spiro atoms. The third kappa shape index (κ3) is 4.70. The van der Waals surface area contributed by atoms with Crippen LogP contribution in [-0.2, 0) is 13.1 Å². The maximum atomic E-state index is 12.5. The molecule has 1 fully saturated rings. The summed E-state index contributed by atoms with van der Waals surface area (Å²) < 4.78 is 37.9. The van der Waals surface area contributed by atoms with Crippen LogP contribution in [0, 0.1) is 5.41 Å². The largest absolute Gasteiger partial charge is 0.406 e. The topological polar surface area (TPSA) is 66.9 Å². The lowest BCUT2D eigenvalue weighted by molar-refractivity contribution is -0.141. The van der Waals surface area contributed by atoms with E-state index in [1.807, 2.05) is 4.98 Å². The molecule has 23 heavy (non-hydrogen) atoms. The van der Waals surface area contributed by atoms with E-state index in [0.717, 1.165) is 31.9 Å². The Morgan fingerprint density at radius 3 is 2.65 bits per heavy atom. The highest BCUT2D eigenvalue weighted by molar-refractivity contribution is 5.05. The van der Waals surface area contributed by atoms with Crippen molar-refractivity contribution in [3.05, 3.63) is 32.6 Å². The SMILES string of the molecule is CC1(C)CCCCC1NCc1cn(CC(F)(F)F)c(=O)[nH]c1=O. The molecule has 1 unspecified atom stereocenters. The second-order valence-electron chi connectivity index (χ2n) is 6.82. The van der Waals surface area contributed by atoms with Crippen LogP contribution in [0.1, 0.15) is 45.1 Å². The van der Waals surface area contributed by atoms with E-state index in [9.17, 15) is 22.8 Å². The average molecular weight is 333 g/mol. The zero-order valence-corrected chi connectivity index (χ0v) is 13.3. The first kappa shape index (κ1) is 17.8. The first-order valence-electron chi connectivity index (χ1n) is 7.71. The van der Waals surface area contributed by atoms with Gasteiger partial charge in [0, 0.05) is 24.3 Å². The van der Waals surface area contributed by atoms with E-state index in [0.29, 0.717) is 4.57 Å². The van der Waals surface area contributed by atoms with E-state index in [4.69, 9.17) is 0 Å². The molecule has 1 saturated carbocycles. The lowest BCUT2D eigenvalue weighted by Crippen LogP contribution is -2.45. The molecule has 0 amide bonds. The van der Waals surface area contributed by atoms with E-state index in [-0.39, 0.29) is 23.6 Å². The van der Waals surface area contributed by atoms with Crippen LogP contribution in [-0.4, -0.2) is 21.8 Å². The quantitative estimate of drug-likeness (QED) is 0.887. The van der Waals surface area contributed by atoms with Crippen molar-refractivity contribution in [3.63, 3.8) is 0 Å². The Morgan fingerprint density at radius 2 is 2.04 bits per heavy atom. The van der Waals surface area contributed by atoms with Crippen LogP contribution in [0.2, 0.25) is 0 Å². The number of nitrogens with zero attached hydrogens (tertiary/aromatic N) is 1. The van der Waals surface area contributed by atoms with Crippen LogP contribution < -0.4 is 16.6 Å². The molecule has 2 rings (SSSR count). The van der Waals surface area contributed by atoms with Gasteiger partial charge in [0.2, 0.25) is 0 Å². The number of aromatic amines is 1. The number of H-pyrrole nitrogens is 1. The third-order valence-electron chi connectivity index (χ3n) is 4.48. The minimum atomic E-state index is -4.52. The number of hydrogen-bond donors (Lipinski definition) is 2. The van der Waals surface area contributed by atoms with Crippen LogP contribution in [0.25, 0.3) is 0 Å². The lowest BCUT2D eigenvalue weighted by Gasteiger charge is -2.39. The second-order valence-corrected chi connectivity index (χ2v) is 6.82. The van der Waals surface area contributed by atoms with Gasteiger partial charge in [-0.3, -0.25) is 14.3 Å². The molecular weight excluding hydrogens is 311 g/mol. The number of alkyl halides is 3. The van der Waals surface area contributed by atoms with Crippen LogP contribution >= 0.6 is 0 Å². The third-order valence-corrected chi connectivity index (χ3v) is 4.48. The summed E-state index contributed by atoms with van der Waals surface area (Å²) in [6.07, 6.45) is 0.755. The molecule has 1 aliphatic carbocycles. The summed E-state index contributed by atoms with van der Waals surface area (Å²) >= 11 is 0. The highest BCUT2D eigenvalue weighted by atomic mass is 19.4. The molecule has 130 valence electrons. The van der Waals surface area contributed by atoms with Gasteiger partial charge in [0.15, 0.2) is 0 Å². The van der Waals surface area contributed by atoms with Crippen LogP contribution in [0.15, 0.2) is 15.8 Å². The lowest BCUT2D eigenvalue weighted by atomic mass is 9.73. The monoisotopic (exact) mass is 333 g/mol. The van der Waals surface area contributed by atoms with E-state index in [1.54, 1.807) is 0 Å². The minimum Gasteiger partial charge on any atom is -0.309 e. The fourth-order valence-corrected chi connectivity index (χ4v) is 3.10. The Bertz CT molecular complexity index is 661. The van der Waals surface area contributed by atoms with E-state index in [2.05, 4.69) is 19.2 Å². The minimum absolute atomic E-state index is 0.0748. The van der Waals surface area contributed by atoms with E-state index in [1.165, 1.54) is 0 Å². The Hall–Kier alpha value is -1.57. The van der Waals surface area contributed by atoms with Crippen molar-refractivity contribution < 1.29 is 13.2 Å². The molecule has 1 heterocycles. The predicted octanol–water partition coefficient (Wildman–Crippen LogP) is 2.16. The number of rotatable bonds is 4. The molecule has 0 bridgehead atoms. The van der Waals surface area contributed by atoms with Gasteiger partial charge in [0.25, 0.3) is 5.56 Å². The number of hydrogen-bond acceptors (Lipinski definition) is 3. The molecule has 2 N–H and O–H groups in total. The highest BCUT2D eigenvalue weighted by Gasteiger charge is 2.32. The molecular formula is C15H22F3N3O2. The summed E-state index contributed by atoms with van der Waals surface area (Å²) in [4.78, 5) is 25.2. The van der Waals surface area contributed by atoms with Crippen LogP contribution in [0.5, 0.6) is 0 Å². The van der Waals surface area contributed by atoms with Gasteiger partial charge in [-0.05, 0) is 18.3 Å². The summed E-state index contributed by atoms with van der Waals surface area (Å²) in [7, 11) is 0. The molecule has 5 nitrogen and oxygen atoms in total. The first-order valence-corrected chi connectivity index (χ1v) is 7.71. The fourth-order valence-electron chi connectivity index (χ4n) is 3.10. The molecule has 0 aliphatic heterocycles. The maximum Gasteiger partial charge on any atom is 0.406 e. The summed E-state index contributed by atoms with van der Waals surface area (Å²) in [6, 6.07) is 0.193. The Morgan fingerprint density at radius 1 is 1.35 bits per heavy atom. The van der Waals surface area contributed by atoms with Crippen molar-refractivity contribution in [1.82, 2.24) is 14.9 Å². The van der Waals surface area contributed by atoms with Crippen molar-refractivity contribution in [2.24, 2.45) is 5.41 Å². The Labute approximate surface area is 131 Å². The van der Waals surface area contributed by atoms with Gasteiger partial charge in [-0.15, -0.1) is 0 Å².